The van der Waals surface area contributed by atoms with Gasteiger partial charge in [0.15, 0.2) is 0 Å². The van der Waals surface area contributed by atoms with Gasteiger partial charge >= 0.3 is 0 Å². The molecule has 2 nitrogen and oxygen atoms in total. The van der Waals surface area contributed by atoms with Gasteiger partial charge in [0.2, 0.25) is 0 Å². The molecule has 1 aromatic heterocycles. The lowest BCUT2D eigenvalue weighted by Gasteiger charge is -2.11. The molecule has 0 atom stereocenters. The van der Waals surface area contributed by atoms with Gasteiger partial charge in [-0.25, -0.2) is 9.07 Å². The van der Waals surface area contributed by atoms with E-state index in [1.54, 1.807) is 0 Å². The summed E-state index contributed by atoms with van der Waals surface area (Å²) in [4.78, 5) is 0. The van der Waals surface area contributed by atoms with Crippen LogP contribution >= 0.6 is 31.9 Å². The Balaban J connectivity index is 2.28. The molecular weight excluding hydrogens is 447 g/mol. The van der Waals surface area contributed by atoms with E-state index in [9.17, 15) is 4.39 Å². The molecule has 0 bridgehead atoms. The van der Waals surface area contributed by atoms with Crippen molar-refractivity contribution in [3.8, 4) is 16.9 Å². The Kier molecular flexibility index (Phi) is 5.74. The zero-order valence-electron chi connectivity index (χ0n) is 14.1. The van der Waals surface area contributed by atoms with Crippen molar-refractivity contribution in [2.45, 2.75) is 29.9 Å². The lowest BCUT2D eigenvalue weighted by atomic mass is 9.98. The van der Waals surface area contributed by atoms with E-state index >= 15 is 0 Å². The third kappa shape index (κ3) is 4.04. The Morgan fingerprint density at radius 2 is 1.64 bits per heavy atom. The molecule has 25 heavy (non-hydrogen) atoms. The quantitative estimate of drug-likeness (QED) is 0.395. The zero-order valence-corrected chi connectivity index (χ0v) is 17.3. The Morgan fingerprint density at radius 1 is 1.00 bits per heavy atom. The number of hydrogen-bond donors (Lipinski definition) is 0. The van der Waals surface area contributed by atoms with Crippen molar-refractivity contribution in [3.63, 3.8) is 0 Å². The Labute approximate surface area is 164 Å². The molecule has 3 aromatic rings. The van der Waals surface area contributed by atoms with Crippen LogP contribution in [-0.4, -0.2) is 13.5 Å². The van der Waals surface area contributed by atoms with Gasteiger partial charge in [0.1, 0.15) is 5.82 Å². The monoisotopic (exact) mass is 464 g/mol. The third-order valence-electron chi connectivity index (χ3n) is 4.04. The van der Waals surface area contributed by atoms with Gasteiger partial charge in [0.25, 0.3) is 0 Å². The number of aromatic nitrogens is 2. The minimum absolute atomic E-state index is 0.144. The summed E-state index contributed by atoms with van der Waals surface area (Å²) in [6.45, 7) is 4.29. The number of rotatable bonds is 5. The first-order chi connectivity index (χ1) is 12.0. The standard InChI is InChI=1S/C20H19Br2FN2/c1-13(2)19-17(12-18(21)22)20(14-8-10-15(23)11-9-14)25(24-19)16-6-4-3-5-7-16/h3-11,13,18H,12H2,1-2H3. The predicted molar refractivity (Wildman–Crippen MR) is 108 cm³/mol. The lowest BCUT2D eigenvalue weighted by Crippen LogP contribution is -2.01. The van der Waals surface area contributed by atoms with Crippen molar-refractivity contribution in [1.82, 2.24) is 9.78 Å². The van der Waals surface area contributed by atoms with E-state index in [2.05, 4.69) is 45.7 Å². The topological polar surface area (TPSA) is 17.8 Å². The Morgan fingerprint density at radius 3 is 2.20 bits per heavy atom. The maximum absolute atomic E-state index is 13.4. The first-order valence-electron chi connectivity index (χ1n) is 8.18. The van der Waals surface area contributed by atoms with E-state index in [-0.39, 0.29) is 15.5 Å². The van der Waals surface area contributed by atoms with Gasteiger partial charge in [0.05, 0.1) is 20.8 Å². The van der Waals surface area contributed by atoms with Crippen molar-refractivity contribution < 1.29 is 4.39 Å². The predicted octanol–water partition coefficient (Wildman–Crippen LogP) is 6.46. The molecule has 0 aliphatic rings. The second-order valence-corrected chi connectivity index (χ2v) is 9.66. The van der Waals surface area contributed by atoms with Crippen LogP contribution in [-0.2, 0) is 6.42 Å². The maximum atomic E-state index is 13.4. The maximum Gasteiger partial charge on any atom is 0.123 e. The molecule has 5 heteroatoms. The van der Waals surface area contributed by atoms with E-state index in [0.29, 0.717) is 0 Å². The lowest BCUT2D eigenvalue weighted by molar-refractivity contribution is 0.628. The molecular formula is C20H19Br2FN2. The summed E-state index contributed by atoms with van der Waals surface area (Å²) in [6.07, 6.45) is 0.785. The molecule has 0 aliphatic heterocycles. The fraction of sp³-hybridized carbons (Fsp3) is 0.250. The normalized spacial score (nSPS) is 11.5. The highest BCUT2D eigenvalue weighted by atomic mass is 79.9. The molecule has 0 saturated carbocycles. The summed E-state index contributed by atoms with van der Waals surface area (Å²) in [5.74, 6) is 0.0527. The molecule has 0 unspecified atom stereocenters. The molecule has 0 aliphatic carbocycles. The average molecular weight is 466 g/mol. The van der Waals surface area contributed by atoms with Crippen molar-refractivity contribution in [2.24, 2.45) is 0 Å². The number of alkyl halides is 2. The minimum Gasteiger partial charge on any atom is -0.233 e. The fourth-order valence-electron chi connectivity index (χ4n) is 2.95. The van der Waals surface area contributed by atoms with Crippen LogP contribution in [0, 0.1) is 5.82 Å². The Hall–Kier alpha value is -1.46. The third-order valence-corrected chi connectivity index (χ3v) is 4.69. The highest BCUT2D eigenvalue weighted by molar-refractivity contribution is 9.24. The second kappa shape index (κ2) is 7.83. The molecule has 0 saturated heterocycles. The number of benzene rings is 2. The summed E-state index contributed by atoms with van der Waals surface area (Å²) in [7, 11) is 0. The van der Waals surface area contributed by atoms with Gasteiger partial charge in [-0.1, -0.05) is 63.9 Å². The van der Waals surface area contributed by atoms with Crippen LogP contribution in [0.15, 0.2) is 54.6 Å². The first kappa shape index (κ1) is 18.3. The molecule has 0 fully saturated rings. The smallest absolute Gasteiger partial charge is 0.123 e. The van der Waals surface area contributed by atoms with E-state index in [4.69, 9.17) is 5.10 Å². The zero-order chi connectivity index (χ0) is 18.0. The van der Waals surface area contributed by atoms with E-state index in [1.165, 1.54) is 17.7 Å². The van der Waals surface area contributed by atoms with Gasteiger partial charge in [-0.3, -0.25) is 0 Å². The van der Waals surface area contributed by atoms with Gasteiger partial charge < -0.3 is 0 Å². The van der Waals surface area contributed by atoms with Crippen LogP contribution in [0.25, 0.3) is 16.9 Å². The van der Waals surface area contributed by atoms with Crippen LogP contribution < -0.4 is 0 Å². The summed E-state index contributed by atoms with van der Waals surface area (Å²) >= 11 is 7.20. The molecule has 0 N–H and O–H groups in total. The van der Waals surface area contributed by atoms with E-state index in [0.717, 1.165) is 29.1 Å². The SMILES string of the molecule is CC(C)c1nn(-c2ccccc2)c(-c2ccc(F)cc2)c1CC(Br)Br. The number of halogens is 3. The highest BCUT2D eigenvalue weighted by Gasteiger charge is 2.23. The molecule has 0 amide bonds. The fourth-order valence-corrected chi connectivity index (χ4v) is 3.59. The van der Waals surface area contributed by atoms with Crippen molar-refractivity contribution in [3.05, 3.63) is 71.7 Å². The van der Waals surface area contributed by atoms with Gasteiger partial charge in [0, 0.05) is 11.1 Å². The number of para-hydroxylation sites is 1. The molecule has 130 valence electrons. The minimum atomic E-state index is -0.237. The van der Waals surface area contributed by atoms with Gasteiger partial charge in [-0.15, -0.1) is 0 Å². The number of hydrogen-bond acceptors (Lipinski definition) is 1. The summed E-state index contributed by atoms with van der Waals surface area (Å²) in [5.41, 5.74) is 5.20. The second-order valence-electron chi connectivity index (χ2n) is 6.22. The van der Waals surface area contributed by atoms with Gasteiger partial charge in [-0.2, -0.15) is 5.10 Å². The van der Waals surface area contributed by atoms with E-state index < -0.39 is 0 Å². The van der Waals surface area contributed by atoms with Crippen LogP contribution in [0.4, 0.5) is 4.39 Å². The molecule has 1 heterocycles. The van der Waals surface area contributed by atoms with Crippen LogP contribution in [0.5, 0.6) is 0 Å². The Bertz CT molecular complexity index is 840. The molecule has 3 rings (SSSR count). The largest absolute Gasteiger partial charge is 0.233 e. The average Bonchev–Trinajstić information content (AvgIpc) is 2.95. The van der Waals surface area contributed by atoms with Crippen LogP contribution in [0.1, 0.15) is 31.0 Å². The molecule has 2 aromatic carbocycles. The number of nitrogens with zero attached hydrogens (tertiary/aromatic N) is 2. The molecule has 0 radical (unpaired) electrons. The summed E-state index contributed by atoms with van der Waals surface area (Å²) in [6, 6.07) is 16.7. The van der Waals surface area contributed by atoms with E-state index in [1.807, 2.05) is 47.1 Å². The van der Waals surface area contributed by atoms with Gasteiger partial charge in [-0.05, 0) is 48.7 Å². The highest BCUT2D eigenvalue weighted by Crippen LogP contribution is 2.35. The first-order valence-corrected chi connectivity index (χ1v) is 10.0. The molecule has 0 spiro atoms. The summed E-state index contributed by atoms with van der Waals surface area (Å²) < 4.78 is 15.5. The van der Waals surface area contributed by atoms with Crippen molar-refractivity contribution in [2.75, 3.05) is 0 Å². The van der Waals surface area contributed by atoms with Crippen LogP contribution in [0.3, 0.4) is 0 Å². The van der Waals surface area contributed by atoms with Crippen molar-refractivity contribution in [1.29, 1.82) is 0 Å². The van der Waals surface area contributed by atoms with Crippen LogP contribution in [0.2, 0.25) is 0 Å². The van der Waals surface area contributed by atoms with Crippen molar-refractivity contribution >= 4 is 31.9 Å². The summed E-state index contributed by atoms with van der Waals surface area (Å²) in [5, 5.41) is 4.91.